The average molecular weight is 212 g/mol. The lowest BCUT2D eigenvalue weighted by Crippen LogP contribution is -2.22. The summed E-state index contributed by atoms with van der Waals surface area (Å²) in [6.45, 7) is 2.19. The fourth-order valence-electron chi connectivity index (χ4n) is 2.37. The van der Waals surface area contributed by atoms with Crippen molar-refractivity contribution < 1.29 is 0 Å². The molecule has 3 rings (SSSR count). The molecule has 0 fully saturated rings. The van der Waals surface area contributed by atoms with Crippen LogP contribution in [0.25, 0.3) is 10.9 Å². The van der Waals surface area contributed by atoms with Crippen molar-refractivity contribution in [1.29, 1.82) is 0 Å². The van der Waals surface area contributed by atoms with Gasteiger partial charge < -0.3 is 5.32 Å². The summed E-state index contributed by atoms with van der Waals surface area (Å²) in [5, 5.41) is 4.71. The van der Waals surface area contributed by atoms with Gasteiger partial charge in [0, 0.05) is 24.0 Å². The maximum Gasteiger partial charge on any atom is 0.0705 e. The predicted molar refractivity (Wildman–Crippen MR) is 66.6 cm³/mol. The molecule has 0 unspecified atom stereocenters. The second-order valence-electron chi connectivity index (χ2n) is 4.39. The molecular weight excluding hydrogens is 196 g/mol. The van der Waals surface area contributed by atoms with Crippen LogP contribution in [0, 0.1) is 0 Å². The highest BCUT2D eigenvalue weighted by molar-refractivity contribution is 5.79. The van der Waals surface area contributed by atoms with E-state index in [1.165, 1.54) is 23.1 Å². The summed E-state index contributed by atoms with van der Waals surface area (Å²) < 4.78 is 0. The first-order valence-corrected chi connectivity index (χ1v) is 6.02. The Morgan fingerprint density at radius 3 is 3.00 bits per heavy atom. The van der Waals surface area contributed by atoms with Crippen molar-refractivity contribution in [2.45, 2.75) is 19.3 Å². The fourth-order valence-corrected chi connectivity index (χ4v) is 2.37. The molecular formula is C14H16N2. The molecule has 1 aromatic heterocycles. The van der Waals surface area contributed by atoms with Crippen LogP contribution in [0.5, 0.6) is 0 Å². The molecule has 0 aliphatic carbocycles. The Hall–Kier alpha value is -1.41. The first-order chi connectivity index (χ1) is 7.93. The first-order valence-electron chi connectivity index (χ1n) is 6.02. The van der Waals surface area contributed by atoms with Gasteiger partial charge in [-0.15, -0.1) is 0 Å². The van der Waals surface area contributed by atoms with Crippen LogP contribution in [0.15, 0.2) is 30.3 Å². The van der Waals surface area contributed by atoms with Gasteiger partial charge in [-0.25, -0.2) is 0 Å². The van der Waals surface area contributed by atoms with Gasteiger partial charge in [0.2, 0.25) is 0 Å². The molecule has 0 saturated carbocycles. The Morgan fingerprint density at radius 2 is 2.00 bits per heavy atom. The second-order valence-corrected chi connectivity index (χ2v) is 4.39. The number of para-hydroxylation sites is 1. The Morgan fingerprint density at radius 1 is 1.06 bits per heavy atom. The van der Waals surface area contributed by atoms with E-state index < -0.39 is 0 Å². The summed E-state index contributed by atoms with van der Waals surface area (Å²) in [4.78, 5) is 4.78. The van der Waals surface area contributed by atoms with Crippen LogP contribution in [-0.2, 0) is 12.8 Å². The largest absolute Gasteiger partial charge is 0.316 e. The van der Waals surface area contributed by atoms with Crippen molar-refractivity contribution in [2.24, 2.45) is 0 Å². The van der Waals surface area contributed by atoms with Crippen molar-refractivity contribution in [3.63, 3.8) is 0 Å². The van der Waals surface area contributed by atoms with Crippen molar-refractivity contribution in [1.82, 2.24) is 10.3 Å². The molecule has 1 aromatic carbocycles. The van der Waals surface area contributed by atoms with E-state index >= 15 is 0 Å². The summed E-state index contributed by atoms with van der Waals surface area (Å²) in [6.07, 6.45) is 3.42. The van der Waals surface area contributed by atoms with Gasteiger partial charge in [0.1, 0.15) is 0 Å². The van der Waals surface area contributed by atoms with Gasteiger partial charge in [-0.05, 0) is 37.1 Å². The van der Waals surface area contributed by atoms with Crippen LogP contribution in [0.2, 0.25) is 0 Å². The molecule has 1 aliphatic heterocycles. The molecule has 0 spiro atoms. The topological polar surface area (TPSA) is 24.9 Å². The minimum atomic E-state index is 1.05. The molecule has 2 heteroatoms. The number of hydrogen-bond donors (Lipinski definition) is 1. The van der Waals surface area contributed by atoms with E-state index in [0.717, 1.165) is 31.4 Å². The van der Waals surface area contributed by atoms with Crippen molar-refractivity contribution in [3.8, 4) is 0 Å². The maximum atomic E-state index is 4.78. The summed E-state index contributed by atoms with van der Waals surface area (Å²) in [6, 6.07) is 10.7. The van der Waals surface area contributed by atoms with Crippen LogP contribution in [-0.4, -0.2) is 18.1 Å². The van der Waals surface area contributed by atoms with Gasteiger partial charge in [-0.1, -0.05) is 18.2 Å². The lowest BCUT2D eigenvalue weighted by Gasteiger charge is -2.14. The minimum absolute atomic E-state index is 1.05. The van der Waals surface area contributed by atoms with Crippen LogP contribution in [0.4, 0.5) is 0 Å². The zero-order valence-corrected chi connectivity index (χ0v) is 9.37. The van der Waals surface area contributed by atoms with E-state index in [2.05, 4.69) is 35.6 Å². The SMILES string of the molecule is c1ccc2nc3c(cc2c1)CCCNCC3. The number of nitrogens with zero attached hydrogens (tertiary/aromatic N) is 1. The Bertz CT molecular complexity index is 459. The number of rotatable bonds is 0. The summed E-state index contributed by atoms with van der Waals surface area (Å²) in [5.74, 6) is 0. The Labute approximate surface area is 95.7 Å². The zero-order valence-electron chi connectivity index (χ0n) is 9.37. The standard InChI is InChI=1S/C14H16N2/c1-2-6-13-11(4-1)10-12-5-3-8-15-9-7-14(12)16-13/h1-2,4,6,10,15H,3,5,7-9H2. The van der Waals surface area contributed by atoms with Crippen LogP contribution in [0.1, 0.15) is 17.7 Å². The van der Waals surface area contributed by atoms with E-state index in [-0.39, 0.29) is 0 Å². The second kappa shape index (κ2) is 4.22. The monoisotopic (exact) mass is 212 g/mol. The molecule has 2 heterocycles. The molecule has 1 N–H and O–H groups in total. The smallest absolute Gasteiger partial charge is 0.0705 e. The molecule has 82 valence electrons. The number of fused-ring (bicyclic) bond motifs is 2. The highest BCUT2D eigenvalue weighted by Crippen LogP contribution is 2.19. The summed E-state index contributed by atoms with van der Waals surface area (Å²) in [7, 11) is 0. The molecule has 1 aliphatic rings. The Balaban J connectivity index is 2.12. The first kappa shape index (κ1) is 9.79. The molecule has 0 atom stereocenters. The third-order valence-electron chi connectivity index (χ3n) is 3.23. The van der Waals surface area contributed by atoms with Crippen LogP contribution in [0.3, 0.4) is 0 Å². The maximum absolute atomic E-state index is 4.78. The van der Waals surface area contributed by atoms with Crippen molar-refractivity contribution in [3.05, 3.63) is 41.6 Å². The zero-order chi connectivity index (χ0) is 10.8. The molecule has 0 bridgehead atoms. The van der Waals surface area contributed by atoms with E-state index in [1.54, 1.807) is 0 Å². The quantitative estimate of drug-likeness (QED) is 0.725. The molecule has 0 saturated heterocycles. The van der Waals surface area contributed by atoms with E-state index in [4.69, 9.17) is 4.98 Å². The number of hydrogen-bond acceptors (Lipinski definition) is 2. The van der Waals surface area contributed by atoms with Gasteiger partial charge in [-0.3, -0.25) is 4.98 Å². The van der Waals surface area contributed by atoms with Crippen molar-refractivity contribution in [2.75, 3.05) is 13.1 Å². The third kappa shape index (κ3) is 1.81. The minimum Gasteiger partial charge on any atom is -0.316 e. The lowest BCUT2D eigenvalue weighted by molar-refractivity contribution is 0.619. The normalized spacial score (nSPS) is 16.5. The van der Waals surface area contributed by atoms with Crippen LogP contribution < -0.4 is 5.32 Å². The third-order valence-corrected chi connectivity index (χ3v) is 3.23. The number of aryl methyl sites for hydroxylation is 1. The number of aromatic nitrogens is 1. The number of pyridine rings is 1. The molecule has 2 nitrogen and oxygen atoms in total. The van der Waals surface area contributed by atoms with Crippen LogP contribution >= 0.6 is 0 Å². The van der Waals surface area contributed by atoms with Gasteiger partial charge in [-0.2, -0.15) is 0 Å². The number of benzene rings is 1. The summed E-state index contributed by atoms with van der Waals surface area (Å²) in [5.41, 5.74) is 3.85. The molecule has 16 heavy (non-hydrogen) atoms. The highest BCUT2D eigenvalue weighted by Gasteiger charge is 2.08. The summed E-state index contributed by atoms with van der Waals surface area (Å²) >= 11 is 0. The van der Waals surface area contributed by atoms with E-state index in [9.17, 15) is 0 Å². The van der Waals surface area contributed by atoms with Gasteiger partial charge in [0.15, 0.2) is 0 Å². The fraction of sp³-hybridized carbons (Fsp3) is 0.357. The number of nitrogens with one attached hydrogen (secondary N) is 1. The van der Waals surface area contributed by atoms with Crippen molar-refractivity contribution >= 4 is 10.9 Å². The van der Waals surface area contributed by atoms with Gasteiger partial charge in [0.25, 0.3) is 0 Å². The lowest BCUT2D eigenvalue weighted by atomic mass is 10.0. The molecule has 2 aromatic rings. The molecule has 0 amide bonds. The molecule has 0 radical (unpaired) electrons. The van der Waals surface area contributed by atoms with Gasteiger partial charge >= 0.3 is 0 Å². The van der Waals surface area contributed by atoms with E-state index in [0.29, 0.717) is 0 Å². The Kier molecular flexibility index (Phi) is 2.58. The van der Waals surface area contributed by atoms with Gasteiger partial charge in [0.05, 0.1) is 5.52 Å². The highest BCUT2D eigenvalue weighted by atomic mass is 14.9. The van der Waals surface area contributed by atoms with E-state index in [1.807, 2.05) is 0 Å². The predicted octanol–water partition coefficient (Wildman–Crippen LogP) is 2.31. The average Bonchev–Trinajstić information content (AvgIpc) is 2.29.